The number of nitriles is 1. The third kappa shape index (κ3) is 3.86. The zero-order valence-electron chi connectivity index (χ0n) is 11.3. The van der Waals surface area contributed by atoms with Crippen LogP contribution in [-0.4, -0.2) is 61.2 Å². The summed E-state index contributed by atoms with van der Waals surface area (Å²) >= 11 is 0. The molecule has 1 rings (SSSR count). The first-order valence-electron chi connectivity index (χ1n) is 6.05. The molecule has 1 fully saturated rings. The van der Waals surface area contributed by atoms with E-state index in [0.29, 0.717) is 0 Å². The summed E-state index contributed by atoms with van der Waals surface area (Å²) in [5, 5.41) is 18.4. The molecule has 0 amide bonds. The number of hydrogen-bond acceptors (Lipinski definition) is 6. The second-order valence-electron chi connectivity index (χ2n) is 4.39. The maximum Gasteiger partial charge on any atom is 0.428 e. The predicted octanol–water partition coefficient (Wildman–Crippen LogP) is 0.583. The Hall–Kier alpha value is -1.79. The van der Waals surface area contributed by atoms with Crippen molar-refractivity contribution in [1.29, 1.82) is 5.26 Å². The molecule has 1 aliphatic heterocycles. The van der Waals surface area contributed by atoms with Crippen LogP contribution in [0.4, 0.5) is 13.2 Å². The largest absolute Gasteiger partial charge is 0.467 e. The summed E-state index contributed by atoms with van der Waals surface area (Å²) < 4.78 is 48.1. The van der Waals surface area contributed by atoms with Crippen LogP contribution in [0.1, 0.15) is 6.42 Å². The average molecular weight is 308 g/mol. The lowest BCUT2D eigenvalue weighted by Crippen LogP contribution is -2.54. The molecule has 0 aromatic heterocycles. The van der Waals surface area contributed by atoms with Crippen LogP contribution in [-0.2, 0) is 14.3 Å². The average Bonchev–Trinajstić information content (AvgIpc) is 2.45. The Kier molecular flexibility index (Phi) is 5.57. The fourth-order valence-corrected chi connectivity index (χ4v) is 1.90. The molecular weight excluding hydrogens is 293 g/mol. The van der Waals surface area contributed by atoms with Crippen LogP contribution in [0.15, 0.2) is 11.8 Å². The number of carbonyl (C=O) groups is 1. The molecule has 0 aliphatic carbocycles. The molecule has 1 aliphatic rings. The van der Waals surface area contributed by atoms with Crippen molar-refractivity contribution in [2.24, 2.45) is 0 Å². The quantitative estimate of drug-likeness (QED) is 0.604. The number of morpholine rings is 1. The molecule has 0 bridgehead atoms. The number of aliphatic hydroxyl groups is 1. The Morgan fingerprint density at radius 3 is 2.48 bits per heavy atom. The van der Waals surface area contributed by atoms with E-state index in [0.717, 1.165) is 13.2 Å². The molecule has 0 saturated carbocycles. The van der Waals surface area contributed by atoms with Crippen LogP contribution in [0, 0.1) is 11.3 Å². The number of allylic oxidation sites excluding steroid dienone is 1. The summed E-state index contributed by atoms with van der Waals surface area (Å²) in [6.07, 6.45) is -5.43. The minimum absolute atomic E-state index is 0.0916. The molecule has 0 spiro atoms. The Balaban J connectivity index is 3.06. The molecular formula is C12H15F3N2O4. The molecule has 0 radical (unpaired) electrons. The van der Waals surface area contributed by atoms with E-state index < -0.39 is 24.2 Å². The van der Waals surface area contributed by atoms with Gasteiger partial charge in [-0.15, -0.1) is 0 Å². The number of rotatable bonds is 4. The van der Waals surface area contributed by atoms with E-state index in [-0.39, 0.29) is 32.0 Å². The van der Waals surface area contributed by atoms with Crippen molar-refractivity contribution in [2.45, 2.75) is 18.2 Å². The lowest BCUT2D eigenvalue weighted by Gasteiger charge is -2.35. The van der Waals surface area contributed by atoms with E-state index in [9.17, 15) is 23.1 Å². The highest BCUT2D eigenvalue weighted by atomic mass is 19.4. The van der Waals surface area contributed by atoms with Gasteiger partial charge in [-0.05, 0) is 0 Å². The first-order valence-corrected chi connectivity index (χ1v) is 6.05. The van der Waals surface area contributed by atoms with Gasteiger partial charge in [-0.25, -0.2) is 4.79 Å². The van der Waals surface area contributed by atoms with E-state index in [2.05, 4.69) is 4.74 Å². The topological polar surface area (TPSA) is 82.8 Å². The zero-order chi connectivity index (χ0) is 16.1. The number of methoxy groups -OCH3 is 1. The third-order valence-corrected chi connectivity index (χ3v) is 3.08. The summed E-state index contributed by atoms with van der Waals surface area (Å²) in [7, 11) is 0.751. The standard InChI is InChI=1S/C12H15F3N2O4/c1-20-10(18)11(19,12(13,14)15)8-9(2-3-16)17-4-6-21-7-5-17/h2,19H,4-8H2,1H3/t11-/m0/s1. The van der Waals surface area contributed by atoms with Gasteiger partial charge < -0.3 is 19.5 Å². The Labute approximate surface area is 119 Å². The van der Waals surface area contributed by atoms with Gasteiger partial charge in [-0.2, -0.15) is 18.4 Å². The summed E-state index contributed by atoms with van der Waals surface area (Å²) in [5.74, 6) is -1.81. The second kappa shape index (κ2) is 6.78. The van der Waals surface area contributed by atoms with Gasteiger partial charge in [0, 0.05) is 31.3 Å². The molecule has 0 unspecified atom stereocenters. The van der Waals surface area contributed by atoms with Gasteiger partial charge in [0.25, 0.3) is 5.60 Å². The lowest BCUT2D eigenvalue weighted by atomic mass is 9.96. The summed E-state index contributed by atoms with van der Waals surface area (Å²) in [5.41, 5.74) is -3.78. The van der Waals surface area contributed by atoms with E-state index in [4.69, 9.17) is 10.00 Å². The molecule has 6 nitrogen and oxygen atoms in total. The molecule has 118 valence electrons. The minimum atomic E-state index is -5.22. The Morgan fingerprint density at radius 2 is 2.05 bits per heavy atom. The fraction of sp³-hybridized carbons (Fsp3) is 0.667. The number of ether oxygens (including phenoxy) is 2. The van der Waals surface area contributed by atoms with Crippen LogP contribution in [0.2, 0.25) is 0 Å². The Morgan fingerprint density at radius 1 is 1.48 bits per heavy atom. The lowest BCUT2D eigenvalue weighted by molar-refractivity contribution is -0.262. The van der Waals surface area contributed by atoms with Gasteiger partial charge in [0.2, 0.25) is 0 Å². The number of halogens is 3. The normalized spacial score (nSPS) is 19.6. The van der Waals surface area contributed by atoms with Crippen molar-refractivity contribution in [3.8, 4) is 6.07 Å². The maximum absolute atomic E-state index is 13.0. The predicted molar refractivity (Wildman–Crippen MR) is 63.7 cm³/mol. The first kappa shape index (κ1) is 17.3. The second-order valence-corrected chi connectivity index (χ2v) is 4.39. The number of nitrogens with zero attached hydrogens (tertiary/aromatic N) is 2. The van der Waals surface area contributed by atoms with Crippen molar-refractivity contribution in [1.82, 2.24) is 4.90 Å². The highest BCUT2D eigenvalue weighted by molar-refractivity contribution is 5.80. The first-order chi connectivity index (χ1) is 9.76. The highest BCUT2D eigenvalue weighted by Crippen LogP contribution is 2.37. The van der Waals surface area contributed by atoms with Crippen LogP contribution in [0.3, 0.4) is 0 Å². The van der Waals surface area contributed by atoms with Crippen molar-refractivity contribution < 1.29 is 32.5 Å². The van der Waals surface area contributed by atoms with Gasteiger partial charge in [-0.3, -0.25) is 0 Å². The summed E-state index contributed by atoms with van der Waals surface area (Å²) in [6, 6.07) is 1.62. The van der Waals surface area contributed by atoms with Crippen molar-refractivity contribution >= 4 is 5.97 Å². The number of esters is 1. The van der Waals surface area contributed by atoms with Crippen LogP contribution in [0.25, 0.3) is 0 Å². The van der Waals surface area contributed by atoms with Gasteiger partial charge >= 0.3 is 12.1 Å². The number of carbonyl (C=O) groups excluding carboxylic acids is 1. The van der Waals surface area contributed by atoms with Crippen molar-refractivity contribution in [2.75, 3.05) is 33.4 Å². The fourth-order valence-electron chi connectivity index (χ4n) is 1.90. The SMILES string of the molecule is COC(=O)[C@@](O)(CC(=CC#N)N1CCOCC1)C(F)(F)F. The molecule has 1 atom stereocenters. The van der Waals surface area contributed by atoms with Gasteiger partial charge in [0.15, 0.2) is 0 Å². The smallest absolute Gasteiger partial charge is 0.428 e. The molecule has 1 N–H and O–H groups in total. The van der Waals surface area contributed by atoms with Crippen LogP contribution >= 0.6 is 0 Å². The van der Waals surface area contributed by atoms with Crippen molar-refractivity contribution in [3.63, 3.8) is 0 Å². The molecule has 0 aromatic rings. The number of hydrogen-bond donors (Lipinski definition) is 1. The van der Waals surface area contributed by atoms with Gasteiger partial charge in [0.1, 0.15) is 0 Å². The van der Waals surface area contributed by atoms with E-state index in [1.807, 2.05) is 0 Å². The maximum atomic E-state index is 13.0. The van der Waals surface area contributed by atoms with E-state index >= 15 is 0 Å². The van der Waals surface area contributed by atoms with Gasteiger partial charge in [-0.1, -0.05) is 0 Å². The summed E-state index contributed by atoms with van der Waals surface area (Å²) in [6.45, 7) is 1.10. The Bertz CT molecular complexity index is 452. The zero-order valence-corrected chi connectivity index (χ0v) is 11.3. The third-order valence-electron chi connectivity index (χ3n) is 3.08. The molecule has 1 saturated heterocycles. The van der Waals surface area contributed by atoms with Crippen molar-refractivity contribution in [3.05, 3.63) is 11.8 Å². The molecule has 21 heavy (non-hydrogen) atoms. The van der Waals surface area contributed by atoms with E-state index in [1.165, 1.54) is 4.90 Å². The molecule has 1 heterocycles. The molecule has 0 aromatic carbocycles. The van der Waals surface area contributed by atoms with Crippen LogP contribution < -0.4 is 0 Å². The minimum Gasteiger partial charge on any atom is -0.467 e. The summed E-state index contributed by atoms with van der Waals surface area (Å²) in [4.78, 5) is 12.8. The van der Waals surface area contributed by atoms with E-state index in [1.54, 1.807) is 6.07 Å². The molecule has 9 heteroatoms. The van der Waals surface area contributed by atoms with Crippen LogP contribution in [0.5, 0.6) is 0 Å². The number of alkyl halides is 3. The monoisotopic (exact) mass is 308 g/mol. The highest BCUT2D eigenvalue weighted by Gasteiger charge is 2.61. The van der Waals surface area contributed by atoms with Gasteiger partial charge in [0.05, 0.1) is 26.4 Å².